The van der Waals surface area contributed by atoms with Crippen LogP contribution >= 0.6 is 0 Å². The van der Waals surface area contributed by atoms with Gasteiger partial charge in [0.15, 0.2) is 5.82 Å². The van der Waals surface area contributed by atoms with Crippen molar-refractivity contribution in [2.24, 2.45) is 0 Å². The largest absolute Gasteiger partial charge is 0.456 e. The van der Waals surface area contributed by atoms with Crippen LogP contribution in [0.2, 0.25) is 0 Å². The molecule has 4 aromatic heterocycles. The molecule has 0 fully saturated rings. The third kappa shape index (κ3) is 4.41. The van der Waals surface area contributed by atoms with Gasteiger partial charge < -0.3 is 13.6 Å². The van der Waals surface area contributed by atoms with Crippen LogP contribution in [0.4, 0.5) is 0 Å². The molecule has 5 heteroatoms. The van der Waals surface area contributed by atoms with Gasteiger partial charge in [0.25, 0.3) is 0 Å². The van der Waals surface area contributed by atoms with Gasteiger partial charge in [-0.3, -0.25) is 0 Å². The first-order chi connectivity index (χ1) is 27.3. The van der Waals surface area contributed by atoms with E-state index < -0.39 is 0 Å². The standard InChI is InChI=1S/C50H30N4O/c1-3-14-31(15-4-1)48-37-21-7-10-23-41(37)51-50(52-48)32-16-13-19-34(28-32)54-44-30-46-40(35-20-9-12-25-45(35)55-46)29-39(44)36-26-27-43-47(49(36)54)38-22-8-11-24-42(38)53(43)33-17-5-2-6-18-33/h1-30H. The van der Waals surface area contributed by atoms with Gasteiger partial charge in [-0.1, -0.05) is 121 Å². The molecule has 0 saturated carbocycles. The highest BCUT2D eigenvalue weighted by molar-refractivity contribution is 6.27. The van der Waals surface area contributed by atoms with Crippen molar-refractivity contribution in [1.29, 1.82) is 0 Å². The zero-order valence-electron chi connectivity index (χ0n) is 29.5. The van der Waals surface area contributed by atoms with E-state index in [1.165, 1.54) is 27.1 Å². The van der Waals surface area contributed by atoms with Gasteiger partial charge in [-0.05, 0) is 54.6 Å². The second-order valence-electron chi connectivity index (χ2n) is 14.2. The normalized spacial score (nSPS) is 12.0. The van der Waals surface area contributed by atoms with Crippen molar-refractivity contribution in [3.05, 3.63) is 182 Å². The predicted molar refractivity (Wildman–Crippen MR) is 226 cm³/mol. The van der Waals surface area contributed by atoms with Crippen molar-refractivity contribution in [3.8, 4) is 34.0 Å². The maximum atomic E-state index is 6.52. The Labute approximate surface area is 315 Å². The fourth-order valence-corrected chi connectivity index (χ4v) is 8.70. The quantitative estimate of drug-likeness (QED) is 0.183. The van der Waals surface area contributed by atoms with E-state index in [-0.39, 0.29) is 0 Å². The Balaban J connectivity index is 1.20. The minimum absolute atomic E-state index is 0.686. The number of hydrogen-bond donors (Lipinski definition) is 0. The fourth-order valence-electron chi connectivity index (χ4n) is 8.70. The SMILES string of the molecule is c1ccc(-c2nc(-c3cccc(-n4c5cc6oc7ccccc7c6cc5c5ccc6c(c7ccccc7n6-c6ccccc6)c54)c3)nc3ccccc23)cc1. The van der Waals surface area contributed by atoms with Gasteiger partial charge in [0.05, 0.1) is 33.3 Å². The fraction of sp³-hybridized carbons (Fsp3) is 0. The van der Waals surface area contributed by atoms with Gasteiger partial charge in [-0.2, -0.15) is 0 Å². The molecule has 12 aromatic rings. The summed E-state index contributed by atoms with van der Waals surface area (Å²) in [6.45, 7) is 0. The summed E-state index contributed by atoms with van der Waals surface area (Å²) >= 11 is 0. The Morgan fingerprint density at radius 2 is 1.09 bits per heavy atom. The number of benzene rings is 8. The molecule has 0 amide bonds. The Morgan fingerprint density at radius 3 is 1.96 bits per heavy atom. The van der Waals surface area contributed by atoms with Crippen LogP contribution in [0.25, 0.3) is 110 Å². The number of para-hydroxylation sites is 4. The second kappa shape index (κ2) is 11.5. The zero-order valence-corrected chi connectivity index (χ0v) is 29.5. The Bertz CT molecular complexity index is 3480. The molecule has 55 heavy (non-hydrogen) atoms. The molecule has 0 aliphatic carbocycles. The van der Waals surface area contributed by atoms with Crippen LogP contribution in [0.3, 0.4) is 0 Å². The Morgan fingerprint density at radius 1 is 0.382 bits per heavy atom. The maximum Gasteiger partial charge on any atom is 0.160 e. The molecule has 5 nitrogen and oxygen atoms in total. The summed E-state index contributed by atoms with van der Waals surface area (Å²) in [5.74, 6) is 0.686. The first kappa shape index (κ1) is 30.0. The molecule has 0 aliphatic heterocycles. The van der Waals surface area contributed by atoms with Crippen molar-refractivity contribution in [2.75, 3.05) is 0 Å². The predicted octanol–water partition coefficient (Wildman–Crippen LogP) is 13.1. The lowest BCUT2D eigenvalue weighted by molar-refractivity contribution is 0.669. The van der Waals surface area contributed by atoms with Gasteiger partial charge in [-0.25, -0.2) is 9.97 Å². The molecule has 0 spiro atoms. The third-order valence-electron chi connectivity index (χ3n) is 11.1. The molecule has 0 atom stereocenters. The van der Waals surface area contributed by atoms with Crippen LogP contribution in [-0.2, 0) is 0 Å². The zero-order chi connectivity index (χ0) is 36.0. The van der Waals surface area contributed by atoms with Crippen LogP contribution in [-0.4, -0.2) is 19.1 Å². The van der Waals surface area contributed by atoms with Crippen molar-refractivity contribution in [2.45, 2.75) is 0 Å². The molecule has 0 N–H and O–H groups in total. The van der Waals surface area contributed by atoms with Crippen LogP contribution < -0.4 is 0 Å². The first-order valence-electron chi connectivity index (χ1n) is 18.6. The number of nitrogens with zero attached hydrogens (tertiary/aromatic N) is 4. The maximum absolute atomic E-state index is 6.52. The molecular formula is C50H30N4O. The van der Waals surface area contributed by atoms with E-state index in [2.05, 4.69) is 167 Å². The van der Waals surface area contributed by atoms with E-state index in [9.17, 15) is 0 Å². The molecular weight excluding hydrogens is 673 g/mol. The van der Waals surface area contributed by atoms with Crippen LogP contribution in [0.1, 0.15) is 0 Å². The highest BCUT2D eigenvalue weighted by atomic mass is 16.3. The van der Waals surface area contributed by atoms with Crippen molar-refractivity contribution in [3.63, 3.8) is 0 Å². The molecule has 12 rings (SSSR count). The summed E-state index contributed by atoms with van der Waals surface area (Å²) in [6, 6.07) is 64.1. The van der Waals surface area contributed by atoms with Gasteiger partial charge >= 0.3 is 0 Å². The van der Waals surface area contributed by atoms with E-state index in [1.54, 1.807) is 0 Å². The molecule has 4 heterocycles. The van der Waals surface area contributed by atoms with Crippen molar-refractivity contribution < 1.29 is 4.42 Å². The molecule has 0 bridgehead atoms. The molecule has 8 aromatic carbocycles. The topological polar surface area (TPSA) is 48.8 Å². The highest BCUT2D eigenvalue weighted by Gasteiger charge is 2.23. The summed E-state index contributed by atoms with van der Waals surface area (Å²) in [5, 5.41) is 8.02. The van der Waals surface area contributed by atoms with E-state index in [0.29, 0.717) is 5.82 Å². The number of rotatable bonds is 4. The summed E-state index contributed by atoms with van der Waals surface area (Å²) in [5.41, 5.74) is 12.3. The van der Waals surface area contributed by atoms with Crippen LogP contribution in [0.5, 0.6) is 0 Å². The molecule has 0 radical (unpaired) electrons. The molecule has 256 valence electrons. The lowest BCUT2D eigenvalue weighted by Crippen LogP contribution is -1.98. The minimum atomic E-state index is 0.686. The van der Waals surface area contributed by atoms with E-state index in [1.807, 2.05) is 24.3 Å². The Hall–Kier alpha value is -7.50. The first-order valence-corrected chi connectivity index (χ1v) is 18.6. The monoisotopic (exact) mass is 702 g/mol. The average molecular weight is 703 g/mol. The number of aromatic nitrogens is 4. The van der Waals surface area contributed by atoms with E-state index >= 15 is 0 Å². The second-order valence-corrected chi connectivity index (χ2v) is 14.2. The highest BCUT2D eigenvalue weighted by Crippen LogP contribution is 2.44. The lowest BCUT2D eigenvalue weighted by atomic mass is 10.1. The molecule has 0 saturated heterocycles. The minimum Gasteiger partial charge on any atom is -0.456 e. The number of fused-ring (bicyclic) bond motifs is 11. The van der Waals surface area contributed by atoms with Gasteiger partial charge in [0.1, 0.15) is 11.2 Å². The van der Waals surface area contributed by atoms with Crippen LogP contribution in [0.15, 0.2) is 186 Å². The summed E-state index contributed by atoms with van der Waals surface area (Å²) in [4.78, 5) is 10.4. The van der Waals surface area contributed by atoms with E-state index in [4.69, 9.17) is 14.4 Å². The molecule has 0 aliphatic rings. The summed E-state index contributed by atoms with van der Waals surface area (Å²) in [6.07, 6.45) is 0. The van der Waals surface area contributed by atoms with E-state index in [0.717, 1.165) is 77.6 Å². The molecule has 0 unspecified atom stereocenters. The van der Waals surface area contributed by atoms with Crippen LogP contribution in [0, 0.1) is 0 Å². The van der Waals surface area contributed by atoms with Gasteiger partial charge in [0.2, 0.25) is 0 Å². The Kier molecular flexibility index (Phi) is 6.27. The number of furan rings is 1. The summed E-state index contributed by atoms with van der Waals surface area (Å²) < 4.78 is 11.3. The summed E-state index contributed by atoms with van der Waals surface area (Å²) in [7, 11) is 0. The van der Waals surface area contributed by atoms with Gasteiger partial charge in [-0.15, -0.1) is 0 Å². The number of hydrogen-bond acceptors (Lipinski definition) is 3. The lowest BCUT2D eigenvalue weighted by Gasteiger charge is -2.13. The van der Waals surface area contributed by atoms with Gasteiger partial charge in [0, 0.05) is 66.3 Å². The average Bonchev–Trinajstić information content (AvgIpc) is 3.90. The third-order valence-corrected chi connectivity index (χ3v) is 11.1. The van der Waals surface area contributed by atoms with Crippen molar-refractivity contribution in [1.82, 2.24) is 19.1 Å². The van der Waals surface area contributed by atoms with Crippen molar-refractivity contribution >= 4 is 76.5 Å². The smallest absolute Gasteiger partial charge is 0.160 e.